The predicted molar refractivity (Wildman–Crippen MR) is 69.1 cm³/mol. The molecule has 0 N–H and O–H groups in total. The molecule has 3 aromatic rings. The van der Waals surface area contributed by atoms with Gasteiger partial charge in [0.2, 0.25) is 5.52 Å². The van der Waals surface area contributed by atoms with Gasteiger partial charge < -0.3 is 0 Å². The second kappa shape index (κ2) is 4.06. The van der Waals surface area contributed by atoms with E-state index in [-0.39, 0.29) is 0 Å². The molecule has 0 aliphatic carbocycles. The molecule has 0 fully saturated rings. The van der Waals surface area contributed by atoms with Crippen molar-refractivity contribution < 1.29 is 4.68 Å². The Kier molecular flexibility index (Phi) is 2.41. The number of aryl methyl sites for hydroxylation is 1. The Balaban J connectivity index is 2.30. The van der Waals surface area contributed by atoms with Crippen LogP contribution in [0.15, 0.2) is 60.8 Å². The summed E-state index contributed by atoms with van der Waals surface area (Å²) >= 11 is 0. The molecule has 0 bridgehead atoms. The van der Waals surface area contributed by atoms with Crippen LogP contribution in [0.5, 0.6) is 0 Å². The highest BCUT2D eigenvalue weighted by molar-refractivity contribution is 5.75. The lowest BCUT2D eigenvalue weighted by atomic mass is 10.2. The highest BCUT2D eigenvalue weighted by Gasteiger charge is 2.15. The first-order valence-corrected chi connectivity index (χ1v) is 5.96. The maximum absolute atomic E-state index is 2.28. The van der Waals surface area contributed by atoms with Crippen LogP contribution in [0.1, 0.15) is 6.92 Å². The third kappa shape index (κ3) is 1.62. The van der Waals surface area contributed by atoms with Gasteiger partial charge in [-0.05, 0) is 25.1 Å². The van der Waals surface area contributed by atoms with Crippen molar-refractivity contribution in [3.63, 3.8) is 0 Å². The van der Waals surface area contributed by atoms with Crippen molar-refractivity contribution in [3.05, 3.63) is 60.8 Å². The number of hydrogen-bond acceptors (Lipinski definition) is 0. The van der Waals surface area contributed by atoms with Crippen molar-refractivity contribution in [3.8, 4) is 5.69 Å². The molecule has 0 radical (unpaired) electrons. The minimum absolute atomic E-state index is 0.961. The summed E-state index contributed by atoms with van der Waals surface area (Å²) in [5, 5.41) is 1.28. The van der Waals surface area contributed by atoms with E-state index in [1.54, 1.807) is 0 Å². The highest BCUT2D eigenvalue weighted by atomic mass is 15.4. The van der Waals surface area contributed by atoms with E-state index in [9.17, 15) is 0 Å². The van der Waals surface area contributed by atoms with Gasteiger partial charge >= 0.3 is 0 Å². The van der Waals surface area contributed by atoms with Gasteiger partial charge in [-0.2, -0.15) is 0 Å². The van der Waals surface area contributed by atoms with Gasteiger partial charge in [0, 0.05) is 6.07 Å². The fourth-order valence-electron chi connectivity index (χ4n) is 2.27. The van der Waals surface area contributed by atoms with Gasteiger partial charge in [0.1, 0.15) is 5.69 Å². The first kappa shape index (κ1) is 10.1. The normalized spacial score (nSPS) is 10.9. The van der Waals surface area contributed by atoms with E-state index in [4.69, 9.17) is 0 Å². The van der Waals surface area contributed by atoms with Crippen LogP contribution in [0.2, 0.25) is 0 Å². The summed E-state index contributed by atoms with van der Waals surface area (Å²) in [5.74, 6) is 0. The summed E-state index contributed by atoms with van der Waals surface area (Å²) in [6, 6.07) is 18.9. The van der Waals surface area contributed by atoms with E-state index in [2.05, 4.69) is 71.0 Å². The lowest BCUT2D eigenvalue weighted by Gasteiger charge is -2.00. The van der Waals surface area contributed by atoms with Crippen molar-refractivity contribution in [1.29, 1.82) is 0 Å². The van der Waals surface area contributed by atoms with E-state index >= 15 is 0 Å². The van der Waals surface area contributed by atoms with Gasteiger partial charge in [-0.3, -0.25) is 0 Å². The molecule has 0 atom stereocenters. The molecular weight excluding hydrogens is 208 g/mol. The Morgan fingerprint density at radius 3 is 2.41 bits per heavy atom. The molecule has 1 aromatic heterocycles. The smallest absolute Gasteiger partial charge is 0.127 e. The standard InChI is InChI=1S/C15H15N2/c1-2-16-15-11-7-6-8-13(15)12-17(16)14-9-4-3-5-10-14/h3-12H,2H2,1H3/q+1. The molecule has 17 heavy (non-hydrogen) atoms. The van der Waals surface area contributed by atoms with Crippen molar-refractivity contribution in [1.82, 2.24) is 4.68 Å². The van der Waals surface area contributed by atoms with E-state index in [1.807, 2.05) is 6.07 Å². The first-order chi connectivity index (χ1) is 8.40. The fourth-order valence-corrected chi connectivity index (χ4v) is 2.27. The number of rotatable bonds is 2. The summed E-state index contributed by atoms with van der Waals surface area (Å²) in [5.41, 5.74) is 2.48. The second-order valence-corrected chi connectivity index (χ2v) is 4.08. The monoisotopic (exact) mass is 223 g/mol. The summed E-state index contributed by atoms with van der Waals surface area (Å²) < 4.78 is 4.50. The molecule has 1 heterocycles. The van der Waals surface area contributed by atoms with E-state index in [1.165, 1.54) is 16.6 Å². The zero-order valence-corrected chi connectivity index (χ0v) is 9.88. The molecule has 84 valence electrons. The van der Waals surface area contributed by atoms with Crippen molar-refractivity contribution in [2.75, 3.05) is 0 Å². The van der Waals surface area contributed by atoms with Crippen LogP contribution in [0.25, 0.3) is 16.6 Å². The number of benzene rings is 2. The minimum atomic E-state index is 0.961. The molecule has 2 heteroatoms. The zero-order chi connectivity index (χ0) is 11.7. The summed E-state index contributed by atoms with van der Waals surface area (Å²) in [6.07, 6.45) is 2.19. The van der Waals surface area contributed by atoms with Gasteiger partial charge in [0.05, 0.1) is 11.6 Å². The Labute approximate surface area is 101 Å². The van der Waals surface area contributed by atoms with Gasteiger partial charge in [0.15, 0.2) is 6.54 Å². The molecule has 0 aliphatic heterocycles. The Morgan fingerprint density at radius 2 is 1.65 bits per heavy atom. The van der Waals surface area contributed by atoms with Crippen molar-refractivity contribution >= 4 is 10.9 Å². The maximum Gasteiger partial charge on any atom is 0.239 e. The largest absolute Gasteiger partial charge is 0.239 e. The average molecular weight is 223 g/mol. The highest BCUT2D eigenvalue weighted by Crippen LogP contribution is 2.13. The molecular formula is C15H15N2+. The van der Waals surface area contributed by atoms with Gasteiger partial charge in [-0.15, -0.1) is 9.36 Å². The molecule has 0 spiro atoms. The third-order valence-corrected chi connectivity index (χ3v) is 3.06. The topological polar surface area (TPSA) is 8.81 Å². The number of aromatic nitrogens is 2. The molecule has 2 nitrogen and oxygen atoms in total. The Bertz CT molecular complexity index is 638. The van der Waals surface area contributed by atoms with Crippen LogP contribution < -0.4 is 4.68 Å². The van der Waals surface area contributed by atoms with Gasteiger partial charge in [-0.1, -0.05) is 30.3 Å². The predicted octanol–water partition coefficient (Wildman–Crippen LogP) is 2.94. The Hall–Kier alpha value is -2.09. The first-order valence-electron chi connectivity index (χ1n) is 5.96. The molecule has 0 aliphatic rings. The Morgan fingerprint density at radius 1 is 0.941 bits per heavy atom. The quantitative estimate of drug-likeness (QED) is 0.591. The van der Waals surface area contributed by atoms with Crippen LogP contribution in [-0.4, -0.2) is 4.68 Å². The molecule has 3 rings (SSSR count). The summed E-state index contributed by atoms with van der Waals surface area (Å²) in [4.78, 5) is 0. The van der Waals surface area contributed by atoms with E-state index < -0.39 is 0 Å². The average Bonchev–Trinajstić information content (AvgIpc) is 2.78. The minimum Gasteiger partial charge on any atom is -0.127 e. The lowest BCUT2D eigenvalue weighted by Crippen LogP contribution is -2.41. The van der Waals surface area contributed by atoms with Crippen LogP contribution in [0, 0.1) is 0 Å². The van der Waals surface area contributed by atoms with Crippen LogP contribution >= 0.6 is 0 Å². The third-order valence-electron chi connectivity index (χ3n) is 3.06. The number of fused-ring (bicyclic) bond motifs is 1. The molecule has 0 unspecified atom stereocenters. The second-order valence-electron chi connectivity index (χ2n) is 4.08. The molecule has 0 saturated carbocycles. The number of hydrogen-bond donors (Lipinski definition) is 0. The van der Waals surface area contributed by atoms with Crippen molar-refractivity contribution in [2.45, 2.75) is 13.5 Å². The van der Waals surface area contributed by atoms with Gasteiger partial charge in [0.25, 0.3) is 0 Å². The molecule has 0 saturated heterocycles. The zero-order valence-electron chi connectivity index (χ0n) is 9.88. The van der Waals surface area contributed by atoms with Gasteiger partial charge in [-0.25, -0.2) is 0 Å². The van der Waals surface area contributed by atoms with Crippen LogP contribution in [0.4, 0.5) is 0 Å². The molecule has 2 aromatic carbocycles. The SMILES string of the molecule is CC[n+]1c2ccccc2cn1-c1ccccc1. The van der Waals surface area contributed by atoms with Crippen molar-refractivity contribution in [2.24, 2.45) is 0 Å². The lowest BCUT2D eigenvalue weighted by molar-refractivity contribution is -0.741. The summed E-state index contributed by atoms with van der Waals surface area (Å²) in [7, 11) is 0. The van der Waals surface area contributed by atoms with E-state index in [0.29, 0.717) is 0 Å². The van der Waals surface area contributed by atoms with Crippen LogP contribution in [0.3, 0.4) is 0 Å². The maximum atomic E-state index is 2.28. The number of para-hydroxylation sites is 2. The van der Waals surface area contributed by atoms with Crippen LogP contribution in [-0.2, 0) is 6.54 Å². The van der Waals surface area contributed by atoms with E-state index in [0.717, 1.165) is 6.54 Å². The molecule has 0 amide bonds. The summed E-state index contributed by atoms with van der Waals surface area (Å²) in [6.45, 7) is 3.13. The fraction of sp³-hybridized carbons (Fsp3) is 0.133. The number of nitrogens with zero attached hydrogens (tertiary/aromatic N) is 2.